The third-order valence-electron chi connectivity index (χ3n) is 3.69. The summed E-state index contributed by atoms with van der Waals surface area (Å²) in [5.74, 6) is 0.928. The molecule has 0 amide bonds. The molecular formula is C13H24O3. The van der Waals surface area contributed by atoms with Gasteiger partial charge >= 0.3 is 0 Å². The highest BCUT2D eigenvalue weighted by Crippen LogP contribution is 2.43. The van der Waals surface area contributed by atoms with E-state index >= 15 is 0 Å². The highest BCUT2D eigenvalue weighted by Gasteiger charge is 2.42. The first kappa shape index (κ1) is 13.7. The van der Waals surface area contributed by atoms with Gasteiger partial charge in [0.1, 0.15) is 5.78 Å². The molecule has 0 saturated heterocycles. The van der Waals surface area contributed by atoms with E-state index in [0.29, 0.717) is 24.5 Å². The van der Waals surface area contributed by atoms with Crippen molar-refractivity contribution in [2.75, 3.05) is 14.2 Å². The summed E-state index contributed by atoms with van der Waals surface area (Å²) in [6, 6.07) is 0. The SMILES string of the molecule is COC(C[C@H]1C(=O)CC[C@H]1C(C)(C)C)OC. The molecule has 1 rings (SSSR count). The summed E-state index contributed by atoms with van der Waals surface area (Å²) in [6.45, 7) is 6.62. The standard InChI is InChI=1S/C13H24O3/c1-13(2,3)10-6-7-11(14)9(10)8-12(15-4)16-5/h9-10,12H,6-8H2,1-5H3/t9-,10-/m1/s1. The van der Waals surface area contributed by atoms with Gasteiger partial charge in [-0.25, -0.2) is 0 Å². The molecule has 0 radical (unpaired) electrons. The van der Waals surface area contributed by atoms with Crippen LogP contribution in [-0.4, -0.2) is 26.3 Å². The fourth-order valence-electron chi connectivity index (χ4n) is 2.74. The van der Waals surface area contributed by atoms with Crippen LogP contribution in [-0.2, 0) is 14.3 Å². The summed E-state index contributed by atoms with van der Waals surface area (Å²) in [4.78, 5) is 11.9. The van der Waals surface area contributed by atoms with Crippen LogP contribution in [0.4, 0.5) is 0 Å². The molecule has 3 heteroatoms. The van der Waals surface area contributed by atoms with Gasteiger partial charge in [-0.2, -0.15) is 0 Å². The van der Waals surface area contributed by atoms with Crippen LogP contribution in [0.1, 0.15) is 40.0 Å². The summed E-state index contributed by atoms with van der Waals surface area (Å²) >= 11 is 0. The van der Waals surface area contributed by atoms with Gasteiger partial charge in [0.25, 0.3) is 0 Å². The van der Waals surface area contributed by atoms with Crippen LogP contribution in [0.5, 0.6) is 0 Å². The molecule has 2 atom stereocenters. The van der Waals surface area contributed by atoms with E-state index in [0.717, 1.165) is 6.42 Å². The first-order chi connectivity index (χ1) is 7.40. The second-order valence-electron chi connectivity index (χ2n) is 5.72. The van der Waals surface area contributed by atoms with Crippen LogP contribution in [0, 0.1) is 17.3 Å². The number of carbonyl (C=O) groups excluding carboxylic acids is 1. The van der Waals surface area contributed by atoms with E-state index in [1.54, 1.807) is 14.2 Å². The Morgan fingerprint density at radius 3 is 2.31 bits per heavy atom. The number of carbonyl (C=O) groups is 1. The molecule has 0 aromatic rings. The molecule has 0 N–H and O–H groups in total. The molecule has 16 heavy (non-hydrogen) atoms. The highest BCUT2D eigenvalue weighted by molar-refractivity contribution is 5.83. The largest absolute Gasteiger partial charge is 0.356 e. The molecule has 0 unspecified atom stereocenters. The summed E-state index contributed by atoms with van der Waals surface area (Å²) in [5.41, 5.74) is 0.183. The van der Waals surface area contributed by atoms with Gasteiger partial charge in [-0.1, -0.05) is 20.8 Å². The second kappa shape index (κ2) is 5.28. The third-order valence-corrected chi connectivity index (χ3v) is 3.69. The van der Waals surface area contributed by atoms with Gasteiger partial charge in [-0.3, -0.25) is 4.79 Å². The van der Waals surface area contributed by atoms with E-state index in [1.807, 2.05) is 0 Å². The Balaban J connectivity index is 2.70. The van der Waals surface area contributed by atoms with Crippen LogP contribution in [0.3, 0.4) is 0 Å². The van der Waals surface area contributed by atoms with Gasteiger partial charge in [0.05, 0.1) is 0 Å². The minimum atomic E-state index is -0.253. The smallest absolute Gasteiger partial charge is 0.157 e. The van der Waals surface area contributed by atoms with Crippen LogP contribution < -0.4 is 0 Å². The predicted octanol–water partition coefficient (Wildman–Crippen LogP) is 2.64. The van der Waals surface area contributed by atoms with E-state index in [4.69, 9.17) is 9.47 Å². The molecule has 0 spiro atoms. The molecule has 0 heterocycles. The van der Waals surface area contributed by atoms with Crippen LogP contribution in [0.25, 0.3) is 0 Å². The van der Waals surface area contributed by atoms with Crippen molar-refractivity contribution in [3.8, 4) is 0 Å². The Morgan fingerprint density at radius 2 is 1.88 bits per heavy atom. The number of ether oxygens (including phenoxy) is 2. The first-order valence-corrected chi connectivity index (χ1v) is 5.98. The average molecular weight is 228 g/mol. The Kier molecular flexibility index (Phi) is 4.51. The molecule has 3 nitrogen and oxygen atoms in total. The Bertz CT molecular complexity index is 238. The molecule has 0 aromatic heterocycles. The first-order valence-electron chi connectivity index (χ1n) is 5.98. The zero-order valence-electron chi connectivity index (χ0n) is 11.1. The van der Waals surface area contributed by atoms with Crippen molar-refractivity contribution >= 4 is 5.78 Å². The summed E-state index contributed by atoms with van der Waals surface area (Å²) < 4.78 is 10.4. The van der Waals surface area contributed by atoms with E-state index in [2.05, 4.69) is 20.8 Å². The quantitative estimate of drug-likeness (QED) is 0.694. The number of Topliss-reactive ketones (excluding diaryl/α,β-unsaturated/α-hetero) is 1. The van der Waals surface area contributed by atoms with Crippen molar-refractivity contribution in [1.29, 1.82) is 0 Å². The molecule has 0 aromatic carbocycles. The van der Waals surface area contributed by atoms with Crippen molar-refractivity contribution < 1.29 is 14.3 Å². The van der Waals surface area contributed by atoms with E-state index in [-0.39, 0.29) is 17.6 Å². The van der Waals surface area contributed by atoms with E-state index < -0.39 is 0 Å². The zero-order valence-corrected chi connectivity index (χ0v) is 11.1. The van der Waals surface area contributed by atoms with E-state index in [1.165, 1.54) is 0 Å². The summed E-state index contributed by atoms with van der Waals surface area (Å²) in [7, 11) is 3.25. The minimum absolute atomic E-state index is 0.102. The fourth-order valence-corrected chi connectivity index (χ4v) is 2.74. The van der Waals surface area contributed by atoms with Crippen molar-refractivity contribution in [1.82, 2.24) is 0 Å². The monoisotopic (exact) mass is 228 g/mol. The fraction of sp³-hybridized carbons (Fsp3) is 0.923. The molecule has 94 valence electrons. The lowest BCUT2D eigenvalue weighted by Gasteiger charge is -2.32. The lowest BCUT2D eigenvalue weighted by Crippen LogP contribution is -2.30. The maximum atomic E-state index is 11.9. The molecule has 1 aliphatic rings. The Morgan fingerprint density at radius 1 is 1.31 bits per heavy atom. The van der Waals surface area contributed by atoms with Gasteiger partial charge in [-0.15, -0.1) is 0 Å². The summed E-state index contributed by atoms with van der Waals surface area (Å²) in [5, 5.41) is 0. The van der Waals surface area contributed by atoms with Gasteiger partial charge in [0.15, 0.2) is 6.29 Å². The predicted molar refractivity (Wildman–Crippen MR) is 63.1 cm³/mol. The van der Waals surface area contributed by atoms with E-state index in [9.17, 15) is 4.79 Å². The van der Waals surface area contributed by atoms with Crippen molar-refractivity contribution in [2.24, 2.45) is 17.3 Å². The normalized spacial score (nSPS) is 26.8. The number of hydrogen-bond donors (Lipinski definition) is 0. The number of hydrogen-bond acceptors (Lipinski definition) is 3. The third kappa shape index (κ3) is 3.05. The molecule has 1 fully saturated rings. The number of ketones is 1. The summed E-state index contributed by atoms with van der Waals surface area (Å²) in [6.07, 6.45) is 2.16. The lowest BCUT2D eigenvalue weighted by atomic mass is 9.73. The van der Waals surface area contributed by atoms with Crippen LogP contribution >= 0.6 is 0 Å². The van der Waals surface area contributed by atoms with Gasteiger partial charge < -0.3 is 9.47 Å². The molecular weight excluding hydrogens is 204 g/mol. The van der Waals surface area contributed by atoms with Gasteiger partial charge in [-0.05, 0) is 17.8 Å². The molecule has 0 bridgehead atoms. The Labute approximate surface area is 98.5 Å². The number of rotatable bonds is 4. The van der Waals surface area contributed by atoms with Gasteiger partial charge in [0, 0.05) is 33.0 Å². The minimum Gasteiger partial charge on any atom is -0.356 e. The maximum absolute atomic E-state index is 11.9. The lowest BCUT2D eigenvalue weighted by molar-refractivity contribution is -0.136. The van der Waals surface area contributed by atoms with Gasteiger partial charge in [0.2, 0.25) is 0 Å². The van der Waals surface area contributed by atoms with Crippen molar-refractivity contribution in [2.45, 2.75) is 46.3 Å². The number of methoxy groups -OCH3 is 2. The molecule has 1 saturated carbocycles. The van der Waals surface area contributed by atoms with Crippen molar-refractivity contribution in [3.05, 3.63) is 0 Å². The highest BCUT2D eigenvalue weighted by atomic mass is 16.7. The second-order valence-corrected chi connectivity index (χ2v) is 5.72. The average Bonchev–Trinajstić information content (AvgIpc) is 2.56. The van der Waals surface area contributed by atoms with Crippen LogP contribution in [0.15, 0.2) is 0 Å². The van der Waals surface area contributed by atoms with Crippen molar-refractivity contribution in [3.63, 3.8) is 0 Å². The van der Waals surface area contributed by atoms with Crippen LogP contribution in [0.2, 0.25) is 0 Å². The maximum Gasteiger partial charge on any atom is 0.157 e. The topological polar surface area (TPSA) is 35.5 Å². The Hall–Kier alpha value is -0.410. The zero-order chi connectivity index (χ0) is 12.3. The molecule has 1 aliphatic carbocycles. The molecule has 0 aliphatic heterocycles.